The SMILES string of the molecule is CCCCCCCC/C=C\CCCCCCCCCC(=O)C(C(=O)CCCCCCCCC/C=C\CCCCCCCC)C(=O)[O][Al]([O]C(=O)C(C(=O)CCCCCCCCC/C=C\CCCCCCCC)C(=O)CCCCCCCCC/C=C\CCCCCCCC)[O]C(C)C. The minimum atomic E-state index is -3.78. The fourth-order valence-electron chi connectivity index (χ4n) is 13.0. The summed E-state index contributed by atoms with van der Waals surface area (Å²) < 4.78 is 17.7. The molecule has 97 heavy (non-hydrogen) atoms. The molecule has 0 N–H and O–H groups in total. The molecule has 0 aliphatic heterocycles. The number of ketones is 4. The first-order valence-corrected chi connectivity index (χ1v) is 43.7. The molecule has 10 heteroatoms. The Balaban J connectivity index is 5.81. The third-order valence-corrected chi connectivity index (χ3v) is 20.9. The highest BCUT2D eigenvalue weighted by atomic mass is 27.3. The fourth-order valence-corrected chi connectivity index (χ4v) is 14.2. The van der Waals surface area contributed by atoms with Gasteiger partial charge in [-0.25, -0.2) is 0 Å². The molecule has 0 rings (SSSR count). The molecule has 0 unspecified atom stereocenters. The zero-order valence-electron chi connectivity index (χ0n) is 64.9. The van der Waals surface area contributed by atoms with Gasteiger partial charge in [-0.2, -0.15) is 0 Å². The van der Waals surface area contributed by atoms with E-state index in [2.05, 4.69) is 76.3 Å². The fraction of sp³-hybridized carbons (Fsp3) is 0.839. The number of Topliss-reactive ketones (excluding diaryl/α,β-unsaturated/α-hetero) is 4. The minimum Gasteiger partial charge on any atom is -0.561 e. The molecule has 0 amide bonds. The molecule has 562 valence electrons. The van der Waals surface area contributed by atoms with E-state index < -0.39 is 68.2 Å². The Labute approximate surface area is 605 Å². The summed E-state index contributed by atoms with van der Waals surface area (Å²) in [4.78, 5) is 85.1. The quantitative estimate of drug-likeness (QED) is 0.0253. The van der Waals surface area contributed by atoms with Gasteiger partial charge < -0.3 is 11.4 Å². The summed E-state index contributed by atoms with van der Waals surface area (Å²) in [6.07, 6.45) is 87.1. The molecular weight excluding hydrogens is 1220 g/mol. The summed E-state index contributed by atoms with van der Waals surface area (Å²) >= 11 is -3.78. The molecule has 0 aromatic heterocycles. The third-order valence-electron chi connectivity index (χ3n) is 19.3. The van der Waals surface area contributed by atoms with Crippen molar-refractivity contribution in [3.8, 4) is 0 Å². The number of allylic oxidation sites excluding steroid dienone is 8. The average Bonchev–Trinajstić information content (AvgIpc) is 0.921. The van der Waals surface area contributed by atoms with Crippen molar-refractivity contribution >= 4 is 50.2 Å². The van der Waals surface area contributed by atoms with E-state index in [-0.39, 0.29) is 25.7 Å². The summed E-state index contributed by atoms with van der Waals surface area (Å²) in [5.41, 5.74) is 0. The van der Waals surface area contributed by atoms with Crippen LogP contribution in [0.2, 0.25) is 0 Å². The van der Waals surface area contributed by atoms with Crippen molar-refractivity contribution in [2.75, 3.05) is 0 Å². The second-order valence-electron chi connectivity index (χ2n) is 29.2. The molecule has 0 aromatic rings. The lowest BCUT2D eigenvalue weighted by atomic mass is 9.91. The first-order chi connectivity index (χ1) is 47.5. The molecule has 0 fully saturated rings. The van der Waals surface area contributed by atoms with Crippen LogP contribution in [0.4, 0.5) is 0 Å². The largest absolute Gasteiger partial charge is 1.10 e. The highest BCUT2D eigenvalue weighted by Crippen LogP contribution is 2.23. The molecule has 0 saturated carbocycles. The van der Waals surface area contributed by atoms with Crippen LogP contribution in [0.15, 0.2) is 48.6 Å². The summed E-state index contributed by atoms with van der Waals surface area (Å²) in [5, 5.41) is 0. The van der Waals surface area contributed by atoms with Gasteiger partial charge in [-0.15, -0.1) is 0 Å². The van der Waals surface area contributed by atoms with E-state index in [9.17, 15) is 28.8 Å². The van der Waals surface area contributed by atoms with Gasteiger partial charge in [0.05, 0.1) is 0 Å². The number of unbranched alkanes of at least 4 members (excludes halogenated alkanes) is 52. The summed E-state index contributed by atoms with van der Waals surface area (Å²) in [6.45, 7) is 12.5. The Morgan fingerprint density at radius 2 is 0.392 bits per heavy atom. The average molecular weight is 1370 g/mol. The number of hydrogen-bond donors (Lipinski definition) is 0. The predicted molar refractivity (Wildman–Crippen MR) is 416 cm³/mol. The lowest BCUT2D eigenvalue weighted by Crippen LogP contribution is -2.43. The maximum atomic E-state index is 14.3. The maximum Gasteiger partial charge on any atom is 1.10 e. The summed E-state index contributed by atoms with van der Waals surface area (Å²) in [6, 6.07) is 0. The Hall–Kier alpha value is -2.93. The third kappa shape index (κ3) is 64.9. The predicted octanol–water partition coefficient (Wildman–Crippen LogP) is 27.3. The maximum absolute atomic E-state index is 14.3. The van der Waals surface area contributed by atoms with Crippen molar-refractivity contribution in [2.24, 2.45) is 11.8 Å². The Morgan fingerprint density at radius 1 is 0.237 bits per heavy atom. The van der Waals surface area contributed by atoms with Gasteiger partial charge in [0.25, 0.3) is 11.9 Å². The van der Waals surface area contributed by atoms with Crippen molar-refractivity contribution in [1.82, 2.24) is 0 Å². The summed E-state index contributed by atoms with van der Waals surface area (Å²) in [5.74, 6) is -7.34. The smallest absolute Gasteiger partial charge is 0.561 e. The number of carbonyl (C=O) groups is 6. The van der Waals surface area contributed by atoms with Gasteiger partial charge in [-0.1, -0.05) is 333 Å². The standard InChI is InChI=1S/2C42H76O4.C3H7O.Al/c2*1-3-5-7-9-11-13-15-17-19-21-23-25-27-29-31-33-35-37-39(43)41(42(45)46)40(44)38-36-34-32-30-28-26-24-22-20-18-16-14-12-10-8-6-4-2;1-3(2)4;/h2*17-20,41H,3-16,21-38H2,1-2H3,(H,45,46);3H,1-2H3;/q;;-1;+3/p-2/b2*19-17-,20-18-;;. The van der Waals surface area contributed by atoms with Gasteiger partial charge in [0.2, 0.25) is 0 Å². The van der Waals surface area contributed by atoms with E-state index in [0.29, 0.717) is 25.7 Å². The Morgan fingerprint density at radius 3 is 0.557 bits per heavy atom. The molecule has 0 aliphatic carbocycles. The lowest BCUT2D eigenvalue weighted by Gasteiger charge is -2.21. The van der Waals surface area contributed by atoms with Crippen molar-refractivity contribution in [3.05, 3.63) is 48.6 Å². The van der Waals surface area contributed by atoms with Crippen molar-refractivity contribution in [3.63, 3.8) is 0 Å². The van der Waals surface area contributed by atoms with Gasteiger partial charge in [0, 0.05) is 31.8 Å². The van der Waals surface area contributed by atoms with Crippen LogP contribution in [-0.2, 0) is 40.1 Å². The van der Waals surface area contributed by atoms with Crippen LogP contribution in [0.3, 0.4) is 0 Å². The first-order valence-electron chi connectivity index (χ1n) is 42.3. The number of carbonyl (C=O) groups excluding carboxylic acids is 6. The van der Waals surface area contributed by atoms with E-state index in [1.165, 1.54) is 231 Å². The van der Waals surface area contributed by atoms with E-state index in [4.69, 9.17) is 11.4 Å². The van der Waals surface area contributed by atoms with E-state index >= 15 is 0 Å². The second kappa shape index (κ2) is 75.7. The molecule has 0 radical (unpaired) electrons. The minimum absolute atomic E-state index is 0.0687. The van der Waals surface area contributed by atoms with Crippen LogP contribution in [-0.4, -0.2) is 56.3 Å². The molecule has 0 saturated heterocycles. The Bertz CT molecular complexity index is 1680. The number of rotatable bonds is 78. The van der Waals surface area contributed by atoms with E-state index in [1.807, 2.05) is 0 Å². The zero-order valence-corrected chi connectivity index (χ0v) is 66.0. The molecule has 9 nitrogen and oxygen atoms in total. The van der Waals surface area contributed by atoms with Gasteiger partial charge in [0.15, 0.2) is 35.0 Å². The lowest BCUT2D eigenvalue weighted by molar-refractivity contribution is -0.154. The summed E-state index contributed by atoms with van der Waals surface area (Å²) in [7, 11) is 0. The highest BCUT2D eigenvalue weighted by Gasteiger charge is 2.50. The van der Waals surface area contributed by atoms with Crippen LogP contribution in [0, 0.1) is 11.8 Å². The van der Waals surface area contributed by atoms with Gasteiger partial charge in [0.1, 0.15) is 0 Å². The van der Waals surface area contributed by atoms with Crippen molar-refractivity contribution in [2.45, 2.75) is 459 Å². The molecular formula is C87H157AlO9. The van der Waals surface area contributed by atoms with E-state index in [0.717, 1.165) is 128 Å². The zero-order chi connectivity index (χ0) is 70.8. The molecule has 0 spiro atoms. The van der Waals surface area contributed by atoms with Crippen LogP contribution in [0.25, 0.3) is 0 Å². The second-order valence-corrected chi connectivity index (χ2v) is 30.6. The van der Waals surface area contributed by atoms with Gasteiger partial charge in [-0.05, 0) is 142 Å². The molecule has 0 aliphatic rings. The molecule has 0 heterocycles. The van der Waals surface area contributed by atoms with Crippen LogP contribution in [0.5, 0.6) is 0 Å². The molecule has 0 atom stereocenters. The topological polar surface area (TPSA) is 130 Å². The van der Waals surface area contributed by atoms with E-state index in [1.54, 1.807) is 13.8 Å². The van der Waals surface area contributed by atoms with Gasteiger partial charge in [-0.3, -0.25) is 28.8 Å². The number of hydrogen-bond acceptors (Lipinski definition) is 9. The van der Waals surface area contributed by atoms with Gasteiger partial charge >= 0.3 is 15.1 Å². The van der Waals surface area contributed by atoms with Crippen molar-refractivity contribution < 1.29 is 40.1 Å². The first kappa shape index (κ1) is 94.1. The highest BCUT2D eigenvalue weighted by molar-refractivity contribution is 6.44. The van der Waals surface area contributed by atoms with Crippen LogP contribution >= 0.6 is 0 Å². The van der Waals surface area contributed by atoms with Crippen LogP contribution < -0.4 is 0 Å². The molecule has 0 aromatic carbocycles. The van der Waals surface area contributed by atoms with Crippen molar-refractivity contribution in [1.29, 1.82) is 0 Å². The molecule has 0 bridgehead atoms. The normalized spacial score (nSPS) is 12.0. The Kier molecular flexibility index (Phi) is 73.4. The van der Waals surface area contributed by atoms with Crippen LogP contribution in [0.1, 0.15) is 452 Å². The monoisotopic (exact) mass is 1370 g/mol.